The van der Waals surface area contributed by atoms with E-state index in [1.165, 1.54) is 0 Å². The predicted molar refractivity (Wildman–Crippen MR) is 73.2 cm³/mol. The van der Waals surface area contributed by atoms with Crippen LogP contribution in [0.5, 0.6) is 0 Å². The molecule has 1 aromatic rings. The molecule has 1 aromatic carbocycles. The molecule has 0 unspecified atom stereocenters. The van der Waals surface area contributed by atoms with Crippen molar-refractivity contribution in [2.75, 3.05) is 12.4 Å². The van der Waals surface area contributed by atoms with Gasteiger partial charge in [-0.05, 0) is 23.1 Å². The Morgan fingerprint density at radius 3 is 2.67 bits per heavy atom. The van der Waals surface area contributed by atoms with Gasteiger partial charge in [-0.3, -0.25) is 4.79 Å². The largest absolute Gasteiger partial charge is 0.380 e. The fourth-order valence-corrected chi connectivity index (χ4v) is 1.52. The fraction of sp³-hybridized carbons (Fsp3) is 0.500. The molecule has 0 fully saturated rings. The smallest absolute Gasteiger partial charge is 0.241 e. The van der Waals surface area contributed by atoms with Crippen molar-refractivity contribution >= 4 is 11.6 Å². The number of benzene rings is 1. The molecular weight excluding hydrogens is 228 g/mol. The highest BCUT2D eigenvalue weighted by Crippen LogP contribution is 2.19. The first-order chi connectivity index (χ1) is 8.34. The van der Waals surface area contributed by atoms with Crippen LogP contribution in [0.25, 0.3) is 0 Å². The van der Waals surface area contributed by atoms with Crippen molar-refractivity contribution in [2.24, 2.45) is 11.1 Å². The molecule has 0 spiro atoms. The molecule has 0 saturated carbocycles. The monoisotopic (exact) mass is 250 g/mol. The van der Waals surface area contributed by atoms with E-state index in [1.807, 2.05) is 45.0 Å². The number of amides is 1. The van der Waals surface area contributed by atoms with Gasteiger partial charge in [0.2, 0.25) is 5.91 Å². The van der Waals surface area contributed by atoms with Gasteiger partial charge in [0.05, 0.1) is 12.6 Å². The predicted octanol–water partition coefficient (Wildman–Crippen LogP) is 2.14. The van der Waals surface area contributed by atoms with E-state index in [1.54, 1.807) is 7.11 Å². The summed E-state index contributed by atoms with van der Waals surface area (Å²) >= 11 is 0. The summed E-state index contributed by atoms with van der Waals surface area (Å²) in [7, 11) is 1.64. The van der Waals surface area contributed by atoms with Crippen LogP contribution in [0, 0.1) is 5.41 Å². The zero-order valence-electron chi connectivity index (χ0n) is 11.5. The second kappa shape index (κ2) is 5.98. The number of methoxy groups -OCH3 is 1. The SMILES string of the molecule is COCc1cccc(NC(=O)[C@@H](N)C(C)(C)C)c1. The highest BCUT2D eigenvalue weighted by molar-refractivity contribution is 5.95. The van der Waals surface area contributed by atoms with Gasteiger partial charge in [-0.2, -0.15) is 0 Å². The molecule has 1 rings (SSSR count). The van der Waals surface area contributed by atoms with Crippen molar-refractivity contribution < 1.29 is 9.53 Å². The first kappa shape index (κ1) is 14.7. The minimum Gasteiger partial charge on any atom is -0.380 e. The zero-order chi connectivity index (χ0) is 13.8. The van der Waals surface area contributed by atoms with Gasteiger partial charge >= 0.3 is 0 Å². The van der Waals surface area contributed by atoms with E-state index in [0.29, 0.717) is 6.61 Å². The topological polar surface area (TPSA) is 64.3 Å². The summed E-state index contributed by atoms with van der Waals surface area (Å²) in [6.45, 7) is 6.35. The number of ether oxygens (including phenoxy) is 1. The lowest BCUT2D eigenvalue weighted by Gasteiger charge is -2.25. The summed E-state index contributed by atoms with van der Waals surface area (Å²) in [5.74, 6) is -0.169. The number of nitrogens with two attached hydrogens (primary N) is 1. The van der Waals surface area contributed by atoms with Crippen LogP contribution in [0.2, 0.25) is 0 Å². The normalized spacial score (nSPS) is 13.2. The van der Waals surface area contributed by atoms with Crippen LogP contribution in [-0.4, -0.2) is 19.1 Å². The van der Waals surface area contributed by atoms with Gasteiger partial charge in [0.15, 0.2) is 0 Å². The molecule has 4 heteroatoms. The first-order valence-electron chi connectivity index (χ1n) is 5.99. The Balaban J connectivity index is 2.73. The maximum atomic E-state index is 12.0. The molecule has 0 heterocycles. The average Bonchev–Trinajstić information content (AvgIpc) is 2.27. The third kappa shape index (κ3) is 4.13. The summed E-state index contributed by atoms with van der Waals surface area (Å²) in [5, 5.41) is 2.83. The van der Waals surface area contributed by atoms with E-state index in [4.69, 9.17) is 10.5 Å². The Morgan fingerprint density at radius 1 is 1.44 bits per heavy atom. The van der Waals surface area contributed by atoms with Gasteiger partial charge < -0.3 is 15.8 Å². The van der Waals surface area contributed by atoms with Gasteiger partial charge in [0.1, 0.15) is 0 Å². The number of anilines is 1. The molecule has 4 nitrogen and oxygen atoms in total. The van der Waals surface area contributed by atoms with Crippen LogP contribution < -0.4 is 11.1 Å². The van der Waals surface area contributed by atoms with Crippen molar-refractivity contribution in [3.8, 4) is 0 Å². The van der Waals surface area contributed by atoms with E-state index < -0.39 is 6.04 Å². The minimum atomic E-state index is -0.538. The highest BCUT2D eigenvalue weighted by atomic mass is 16.5. The summed E-state index contributed by atoms with van der Waals surface area (Å²) < 4.78 is 5.05. The molecule has 1 amide bonds. The molecule has 100 valence electrons. The lowest BCUT2D eigenvalue weighted by Crippen LogP contribution is -2.45. The first-order valence-corrected chi connectivity index (χ1v) is 5.99. The molecule has 0 radical (unpaired) electrons. The van der Waals surface area contributed by atoms with E-state index >= 15 is 0 Å². The van der Waals surface area contributed by atoms with E-state index in [9.17, 15) is 4.79 Å². The summed E-state index contributed by atoms with van der Waals surface area (Å²) in [6.07, 6.45) is 0. The van der Waals surface area contributed by atoms with Crippen LogP contribution in [0.1, 0.15) is 26.3 Å². The second-order valence-corrected chi connectivity index (χ2v) is 5.47. The molecule has 0 aromatic heterocycles. The lowest BCUT2D eigenvalue weighted by molar-refractivity contribution is -0.119. The molecular formula is C14H22N2O2. The Labute approximate surface area is 109 Å². The second-order valence-electron chi connectivity index (χ2n) is 5.47. The summed E-state index contributed by atoms with van der Waals surface area (Å²) in [5.41, 5.74) is 7.40. The quantitative estimate of drug-likeness (QED) is 0.860. The highest BCUT2D eigenvalue weighted by Gasteiger charge is 2.27. The number of rotatable bonds is 4. The van der Waals surface area contributed by atoms with Gasteiger partial charge in [-0.15, -0.1) is 0 Å². The van der Waals surface area contributed by atoms with Crippen molar-refractivity contribution in [3.63, 3.8) is 0 Å². The van der Waals surface area contributed by atoms with Crippen molar-refractivity contribution in [1.82, 2.24) is 0 Å². The molecule has 0 saturated heterocycles. The van der Waals surface area contributed by atoms with E-state index in [-0.39, 0.29) is 11.3 Å². The minimum absolute atomic E-state index is 0.169. The maximum absolute atomic E-state index is 12.0. The molecule has 0 aliphatic rings. The van der Waals surface area contributed by atoms with Crippen LogP contribution in [0.15, 0.2) is 24.3 Å². The van der Waals surface area contributed by atoms with Gasteiger partial charge in [-0.1, -0.05) is 32.9 Å². The van der Waals surface area contributed by atoms with Crippen LogP contribution in [-0.2, 0) is 16.1 Å². The number of hydrogen-bond acceptors (Lipinski definition) is 3. The van der Waals surface area contributed by atoms with Gasteiger partial charge in [0.25, 0.3) is 0 Å². The van der Waals surface area contributed by atoms with E-state index in [2.05, 4.69) is 5.32 Å². The molecule has 1 atom stereocenters. The van der Waals surface area contributed by atoms with Crippen LogP contribution in [0.3, 0.4) is 0 Å². The number of hydrogen-bond donors (Lipinski definition) is 2. The maximum Gasteiger partial charge on any atom is 0.241 e. The number of carbonyl (C=O) groups is 1. The Hall–Kier alpha value is -1.39. The van der Waals surface area contributed by atoms with Gasteiger partial charge in [-0.25, -0.2) is 0 Å². The summed E-state index contributed by atoms with van der Waals surface area (Å²) in [6, 6.07) is 7.02. The fourth-order valence-electron chi connectivity index (χ4n) is 1.52. The van der Waals surface area contributed by atoms with Gasteiger partial charge in [0, 0.05) is 12.8 Å². The van der Waals surface area contributed by atoms with Crippen molar-refractivity contribution in [3.05, 3.63) is 29.8 Å². The van der Waals surface area contributed by atoms with Crippen LogP contribution in [0.4, 0.5) is 5.69 Å². The van der Waals surface area contributed by atoms with Crippen LogP contribution >= 0.6 is 0 Å². The Kier molecular flexibility index (Phi) is 4.87. The molecule has 18 heavy (non-hydrogen) atoms. The van der Waals surface area contributed by atoms with E-state index in [0.717, 1.165) is 11.3 Å². The molecule has 0 bridgehead atoms. The Morgan fingerprint density at radius 2 is 2.11 bits per heavy atom. The third-order valence-electron chi connectivity index (χ3n) is 2.72. The van der Waals surface area contributed by atoms with Crippen molar-refractivity contribution in [2.45, 2.75) is 33.4 Å². The molecule has 3 N–H and O–H groups in total. The third-order valence-corrected chi connectivity index (χ3v) is 2.72. The van der Waals surface area contributed by atoms with Crippen molar-refractivity contribution in [1.29, 1.82) is 0 Å². The zero-order valence-corrected chi connectivity index (χ0v) is 11.5. The Bertz CT molecular complexity index is 411. The lowest BCUT2D eigenvalue weighted by atomic mass is 9.87. The molecule has 0 aliphatic heterocycles. The summed E-state index contributed by atoms with van der Waals surface area (Å²) in [4.78, 5) is 12.0. The number of nitrogens with one attached hydrogen (secondary N) is 1. The molecule has 0 aliphatic carbocycles. The average molecular weight is 250 g/mol. The standard InChI is InChI=1S/C14H22N2O2/c1-14(2,3)12(15)13(17)16-11-7-5-6-10(8-11)9-18-4/h5-8,12H,9,15H2,1-4H3,(H,16,17)/t12-/m1/s1. The number of carbonyl (C=O) groups excluding carboxylic acids is 1.